The van der Waals surface area contributed by atoms with Gasteiger partial charge in [-0.3, -0.25) is 0 Å². The fraction of sp³-hybridized carbons (Fsp3) is 0.556. The molecule has 0 radical (unpaired) electrons. The Kier molecular flexibility index (Phi) is 3.94. The number of hydrogen-bond donors (Lipinski definition) is 2. The molecule has 4 bridgehead atoms. The van der Waals surface area contributed by atoms with Gasteiger partial charge in [-0.25, -0.2) is 0 Å². The van der Waals surface area contributed by atoms with Gasteiger partial charge in [0.25, 0.3) is 0 Å². The lowest BCUT2D eigenvalue weighted by Crippen LogP contribution is -2.81. The number of piperidine rings is 1. The summed E-state index contributed by atoms with van der Waals surface area (Å²) in [6.45, 7) is 2.28. The van der Waals surface area contributed by atoms with Crippen molar-refractivity contribution in [1.82, 2.24) is 5.32 Å². The molecule has 8 rings (SSSR count). The van der Waals surface area contributed by atoms with E-state index in [1.165, 1.54) is 16.7 Å². The summed E-state index contributed by atoms with van der Waals surface area (Å²) in [7, 11) is 1.85. The number of nitrogens with one attached hydrogen (secondary N) is 1. The van der Waals surface area contributed by atoms with E-state index in [4.69, 9.17) is 14.2 Å². The predicted octanol–water partition coefficient (Wildman–Crippen LogP) is 3.71. The van der Waals surface area contributed by atoms with Gasteiger partial charge >= 0.3 is 0 Å². The number of benzene rings is 2. The Morgan fingerprint density at radius 1 is 1.12 bits per heavy atom. The van der Waals surface area contributed by atoms with Crippen LogP contribution in [-0.4, -0.2) is 43.1 Å². The van der Waals surface area contributed by atoms with Gasteiger partial charge in [0, 0.05) is 35.5 Å². The molecule has 5 heteroatoms. The van der Waals surface area contributed by atoms with Crippen molar-refractivity contribution < 1.29 is 19.3 Å². The topological polar surface area (TPSA) is 60.0 Å². The van der Waals surface area contributed by atoms with E-state index < -0.39 is 0 Å². The van der Waals surface area contributed by atoms with Gasteiger partial charge in [0.1, 0.15) is 11.7 Å². The van der Waals surface area contributed by atoms with Gasteiger partial charge in [-0.1, -0.05) is 36.4 Å². The van der Waals surface area contributed by atoms with E-state index in [1.54, 1.807) is 0 Å². The number of hydrogen-bond acceptors (Lipinski definition) is 5. The van der Waals surface area contributed by atoms with E-state index in [0.29, 0.717) is 19.3 Å². The second kappa shape index (κ2) is 6.49. The van der Waals surface area contributed by atoms with Crippen LogP contribution < -0.4 is 10.1 Å². The van der Waals surface area contributed by atoms with Crippen LogP contribution in [-0.2, 0) is 27.9 Å². The summed E-state index contributed by atoms with van der Waals surface area (Å²) in [6.07, 6.45) is 5.19. The van der Waals surface area contributed by atoms with Crippen LogP contribution in [0.5, 0.6) is 11.5 Å². The monoisotopic (exact) mass is 433 g/mol. The van der Waals surface area contributed by atoms with Gasteiger partial charge in [-0.2, -0.15) is 0 Å². The number of phenols is 1. The molecule has 4 aliphatic carbocycles. The number of rotatable bonds is 5. The van der Waals surface area contributed by atoms with Crippen LogP contribution in [0.15, 0.2) is 42.5 Å². The minimum atomic E-state index is -0.388. The van der Waals surface area contributed by atoms with E-state index in [2.05, 4.69) is 35.6 Å². The fourth-order valence-corrected chi connectivity index (χ4v) is 8.58. The van der Waals surface area contributed by atoms with Crippen molar-refractivity contribution in [3.05, 3.63) is 59.2 Å². The highest BCUT2D eigenvalue weighted by molar-refractivity contribution is 5.63. The third kappa shape index (κ3) is 2.11. The van der Waals surface area contributed by atoms with Crippen LogP contribution in [0.25, 0.3) is 0 Å². The Balaban J connectivity index is 1.31. The summed E-state index contributed by atoms with van der Waals surface area (Å²) >= 11 is 0. The molecular weight excluding hydrogens is 402 g/mol. The maximum absolute atomic E-state index is 10.8. The lowest BCUT2D eigenvalue weighted by atomic mass is 9.35. The molecule has 1 saturated heterocycles. The van der Waals surface area contributed by atoms with E-state index in [1.807, 2.05) is 19.2 Å². The number of phenolic OH excluding ortho intramolecular Hbond substituents is 1. The molecule has 4 fully saturated rings. The van der Waals surface area contributed by atoms with Gasteiger partial charge < -0.3 is 24.6 Å². The lowest BCUT2D eigenvalue weighted by molar-refractivity contribution is -0.271. The van der Waals surface area contributed by atoms with Crippen molar-refractivity contribution in [3.8, 4) is 11.5 Å². The van der Waals surface area contributed by atoms with Gasteiger partial charge in [-0.05, 0) is 55.8 Å². The van der Waals surface area contributed by atoms with Crippen molar-refractivity contribution in [2.24, 2.45) is 11.3 Å². The Morgan fingerprint density at radius 2 is 2.00 bits per heavy atom. The molecule has 2 aromatic carbocycles. The maximum atomic E-state index is 10.8. The second-order valence-electron chi connectivity index (χ2n) is 10.6. The Labute approximate surface area is 189 Å². The molecule has 0 aromatic heterocycles. The molecule has 3 saturated carbocycles. The molecule has 32 heavy (non-hydrogen) atoms. The van der Waals surface area contributed by atoms with Crippen molar-refractivity contribution >= 4 is 0 Å². The van der Waals surface area contributed by atoms with Crippen LogP contribution in [0.3, 0.4) is 0 Å². The molecule has 2 aromatic rings. The number of ether oxygens (including phenoxy) is 3. The van der Waals surface area contributed by atoms with E-state index >= 15 is 0 Å². The number of aromatic hydroxyl groups is 1. The number of methoxy groups -OCH3 is 1. The molecule has 2 spiro atoms. The highest BCUT2D eigenvalue weighted by Crippen LogP contribution is 2.75. The Hall–Kier alpha value is -2.08. The van der Waals surface area contributed by atoms with Crippen molar-refractivity contribution in [3.63, 3.8) is 0 Å². The largest absolute Gasteiger partial charge is 0.504 e. The van der Waals surface area contributed by atoms with Crippen molar-refractivity contribution in [1.29, 1.82) is 0 Å². The van der Waals surface area contributed by atoms with Gasteiger partial charge in [-0.15, -0.1) is 0 Å². The molecule has 0 unspecified atom stereocenters. The minimum Gasteiger partial charge on any atom is -0.504 e. The maximum Gasteiger partial charge on any atom is 0.165 e. The van der Waals surface area contributed by atoms with Crippen LogP contribution in [0, 0.1) is 11.3 Å². The zero-order valence-electron chi connectivity index (χ0n) is 18.6. The van der Waals surface area contributed by atoms with E-state index in [0.717, 1.165) is 44.4 Å². The Bertz CT molecular complexity index is 1070. The molecule has 5 nitrogen and oxygen atoms in total. The minimum absolute atomic E-state index is 0.0697. The second-order valence-corrected chi connectivity index (χ2v) is 10.6. The SMILES string of the molecule is CO[C@]12CC[C@@]3(C[C@@H]1COCc1ccccc1)[C@H]1Cc4ccc(O)c5c4[C@@]3(CCN1)[C@H]2O5. The van der Waals surface area contributed by atoms with Crippen LogP contribution in [0.2, 0.25) is 0 Å². The van der Waals surface area contributed by atoms with Gasteiger partial charge in [0.15, 0.2) is 11.5 Å². The highest BCUT2D eigenvalue weighted by Gasteiger charge is 2.79. The summed E-state index contributed by atoms with van der Waals surface area (Å²) in [6, 6.07) is 14.8. The fourth-order valence-electron chi connectivity index (χ4n) is 8.58. The van der Waals surface area contributed by atoms with Crippen molar-refractivity contribution in [2.75, 3.05) is 20.3 Å². The molecule has 2 aliphatic heterocycles. The molecular formula is C27H31NO4. The van der Waals surface area contributed by atoms with E-state index in [9.17, 15) is 5.11 Å². The summed E-state index contributed by atoms with van der Waals surface area (Å²) in [5.41, 5.74) is 3.51. The first-order chi connectivity index (χ1) is 15.6. The third-order valence-corrected chi connectivity index (χ3v) is 9.76. The van der Waals surface area contributed by atoms with Crippen LogP contribution >= 0.6 is 0 Å². The average Bonchev–Trinajstić information content (AvgIpc) is 3.18. The first-order valence-corrected chi connectivity index (χ1v) is 12.1. The zero-order valence-corrected chi connectivity index (χ0v) is 18.6. The third-order valence-electron chi connectivity index (χ3n) is 9.76. The summed E-state index contributed by atoms with van der Waals surface area (Å²) in [4.78, 5) is 0. The first kappa shape index (κ1) is 19.4. The lowest BCUT2D eigenvalue weighted by Gasteiger charge is -2.72. The smallest absolute Gasteiger partial charge is 0.165 e. The summed E-state index contributed by atoms with van der Waals surface area (Å²) in [5.74, 6) is 1.28. The molecule has 2 N–H and O–H groups in total. The molecule has 2 heterocycles. The standard InChI is InChI=1S/C27H31NO4/c1-30-27-10-9-25(14-19(27)16-31-15-17-5-3-2-4-6-17)21-13-18-7-8-20(29)23-22(18)26(25,11-12-28-21)24(27)32-23/h2-8,19,21,24,28-29H,9-16H2,1H3/t19-,21-,24-,25-,26+,27-/m1/s1. The van der Waals surface area contributed by atoms with Crippen molar-refractivity contribution in [2.45, 2.75) is 61.9 Å². The normalized spacial score (nSPS) is 40.1. The average molecular weight is 434 g/mol. The van der Waals surface area contributed by atoms with Crippen LogP contribution in [0.1, 0.15) is 42.4 Å². The van der Waals surface area contributed by atoms with Gasteiger partial charge in [0.2, 0.25) is 0 Å². The van der Waals surface area contributed by atoms with E-state index in [-0.39, 0.29) is 34.2 Å². The summed E-state index contributed by atoms with van der Waals surface area (Å²) in [5, 5.41) is 14.7. The molecule has 168 valence electrons. The predicted molar refractivity (Wildman–Crippen MR) is 120 cm³/mol. The quantitative estimate of drug-likeness (QED) is 0.753. The number of fused-ring (bicyclic) bond motifs is 2. The Morgan fingerprint density at radius 3 is 2.84 bits per heavy atom. The first-order valence-electron chi connectivity index (χ1n) is 12.1. The highest BCUT2D eigenvalue weighted by atomic mass is 16.6. The molecule has 6 atom stereocenters. The molecule has 0 amide bonds. The molecule has 6 aliphatic rings. The van der Waals surface area contributed by atoms with Gasteiger partial charge in [0.05, 0.1) is 13.2 Å². The summed E-state index contributed by atoms with van der Waals surface area (Å²) < 4.78 is 19.5. The zero-order chi connectivity index (χ0) is 21.6. The van der Waals surface area contributed by atoms with Crippen LogP contribution in [0.4, 0.5) is 0 Å².